The summed E-state index contributed by atoms with van der Waals surface area (Å²) in [6.07, 6.45) is -2.19. The number of carbonyl (C=O) groups is 1. The Bertz CT molecular complexity index is 908. The molecule has 0 saturated heterocycles. The Morgan fingerprint density at radius 1 is 1.29 bits per heavy atom. The second-order valence-electron chi connectivity index (χ2n) is 7.67. The summed E-state index contributed by atoms with van der Waals surface area (Å²) >= 11 is 0. The van der Waals surface area contributed by atoms with Crippen molar-refractivity contribution >= 4 is 5.97 Å². The number of benzene rings is 1. The number of aryl methyl sites for hydroxylation is 1. The zero-order valence-corrected chi connectivity index (χ0v) is 17.3. The molecule has 1 unspecified atom stereocenters. The van der Waals surface area contributed by atoms with E-state index in [9.17, 15) is 22.4 Å². The zero-order valence-electron chi connectivity index (χ0n) is 17.3. The standard InChI is InChI=1S/C21H25F4N3O3/c1-13-9-16(22)8-7-15(13)12-30-18-10-17(19(26-2)31-20(29)21(23,24)25)27-28(18)11-14-5-3-4-6-14/h7-10,14,19,26H,3-6,11-12H2,1-2H3. The van der Waals surface area contributed by atoms with Crippen molar-refractivity contribution in [1.29, 1.82) is 0 Å². The third-order valence-corrected chi connectivity index (χ3v) is 5.34. The van der Waals surface area contributed by atoms with Gasteiger partial charge in [-0.3, -0.25) is 5.32 Å². The highest BCUT2D eigenvalue weighted by atomic mass is 19.4. The molecule has 1 aromatic heterocycles. The molecule has 1 atom stereocenters. The molecular weight excluding hydrogens is 418 g/mol. The Morgan fingerprint density at radius 3 is 2.61 bits per heavy atom. The summed E-state index contributed by atoms with van der Waals surface area (Å²) < 4.78 is 63.2. The maximum atomic E-state index is 13.3. The van der Waals surface area contributed by atoms with Crippen molar-refractivity contribution < 1.29 is 31.8 Å². The van der Waals surface area contributed by atoms with Gasteiger partial charge in [0.05, 0.1) is 0 Å². The van der Waals surface area contributed by atoms with Gasteiger partial charge in [-0.2, -0.15) is 18.3 Å². The van der Waals surface area contributed by atoms with Gasteiger partial charge >= 0.3 is 12.1 Å². The molecule has 31 heavy (non-hydrogen) atoms. The van der Waals surface area contributed by atoms with Crippen molar-refractivity contribution in [2.24, 2.45) is 5.92 Å². The molecule has 2 aromatic rings. The van der Waals surface area contributed by atoms with Crippen LogP contribution >= 0.6 is 0 Å². The molecule has 0 aliphatic heterocycles. The normalized spacial score (nSPS) is 15.8. The first kappa shape index (κ1) is 23.1. The Labute approximate surface area is 177 Å². The fraction of sp³-hybridized carbons (Fsp3) is 0.524. The first-order valence-corrected chi connectivity index (χ1v) is 10.1. The third kappa shape index (κ3) is 5.96. The average Bonchev–Trinajstić information content (AvgIpc) is 3.35. The monoisotopic (exact) mass is 443 g/mol. The molecule has 6 nitrogen and oxygen atoms in total. The maximum Gasteiger partial charge on any atom is 0.490 e. The Balaban J connectivity index is 1.81. The van der Waals surface area contributed by atoms with Crippen LogP contribution in [0.1, 0.15) is 48.7 Å². The van der Waals surface area contributed by atoms with E-state index in [1.54, 1.807) is 17.7 Å². The van der Waals surface area contributed by atoms with Crippen LogP contribution in [-0.2, 0) is 22.7 Å². The highest BCUT2D eigenvalue weighted by molar-refractivity contribution is 5.75. The number of rotatable bonds is 8. The van der Waals surface area contributed by atoms with Gasteiger partial charge in [0.25, 0.3) is 0 Å². The Kier molecular flexibility index (Phi) is 7.19. The quantitative estimate of drug-likeness (QED) is 0.372. The van der Waals surface area contributed by atoms with Crippen molar-refractivity contribution in [3.8, 4) is 5.88 Å². The molecule has 1 aliphatic rings. The van der Waals surface area contributed by atoms with Crippen LogP contribution in [0.2, 0.25) is 0 Å². The van der Waals surface area contributed by atoms with Gasteiger partial charge in [0.2, 0.25) is 5.88 Å². The van der Waals surface area contributed by atoms with Crippen molar-refractivity contribution in [2.75, 3.05) is 7.05 Å². The highest BCUT2D eigenvalue weighted by Gasteiger charge is 2.42. The summed E-state index contributed by atoms with van der Waals surface area (Å²) in [5.74, 6) is -1.93. The van der Waals surface area contributed by atoms with Gasteiger partial charge in [-0.25, -0.2) is 13.9 Å². The van der Waals surface area contributed by atoms with E-state index in [0.717, 1.165) is 31.2 Å². The van der Waals surface area contributed by atoms with E-state index < -0.39 is 18.4 Å². The number of aromatic nitrogens is 2. The molecule has 0 amide bonds. The lowest BCUT2D eigenvalue weighted by atomic mass is 10.1. The molecule has 3 rings (SSSR count). The van der Waals surface area contributed by atoms with Crippen LogP contribution in [0.15, 0.2) is 24.3 Å². The largest absolute Gasteiger partial charge is 0.490 e. The number of nitrogens with zero attached hydrogens (tertiary/aromatic N) is 2. The molecular formula is C21H25F4N3O3. The van der Waals surface area contributed by atoms with Gasteiger partial charge in [0.15, 0.2) is 6.23 Å². The third-order valence-electron chi connectivity index (χ3n) is 5.34. The predicted molar refractivity (Wildman–Crippen MR) is 104 cm³/mol. The minimum Gasteiger partial charge on any atom is -0.473 e. The van der Waals surface area contributed by atoms with Crippen LogP contribution < -0.4 is 10.1 Å². The Morgan fingerprint density at radius 2 is 2.00 bits per heavy atom. The summed E-state index contributed by atoms with van der Waals surface area (Å²) in [4.78, 5) is 11.3. The lowest BCUT2D eigenvalue weighted by Crippen LogP contribution is -2.31. The van der Waals surface area contributed by atoms with Gasteiger partial charge in [-0.1, -0.05) is 18.9 Å². The predicted octanol–water partition coefficient (Wildman–Crippen LogP) is 4.42. The molecule has 1 aromatic carbocycles. The van der Waals surface area contributed by atoms with Crippen molar-refractivity contribution in [1.82, 2.24) is 15.1 Å². The molecule has 1 fully saturated rings. The molecule has 170 valence electrons. The van der Waals surface area contributed by atoms with E-state index in [1.165, 1.54) is 25.2 Å². The summed E-state index contributed by atoms with van der Waals surface area (Å²) in [6.45, 7) is 2.44. The van der Waals surface area contributed by atoms with Crippen LogP contribution in [-0.4, -0.2) is 29.0 Å². The van der Waals surface area contributed by atoms with Crippen LogP contribution in [0.25, 0.3) is 0 Å². The van der Waals surface area contributed by atoms with Crippen LogP contribution in [0.5, 0.6) is 5.88 Å². The summed E-state index contributed by atoms with van der Waals surface area (Å²) in [5, 5.41) is 6.88. The molecule has 0 radical (unpaired) electrons. The molecule has 0 bridgehead atoms. The van der Waals surface area contributed by atoms with E-state index in [0.29, 0.717) is 23.9 Å². The SMILES string of the molecule is CNC(OC(=O)C(F)(F)F)c1cc(OCc2ccc(F)cc2C)n(CC2CCCC2)n1. The number of alkyl halides is 3. The smallest absolute Gasteiger partial charge is 0.473 e. The van der Waals surface area contributed by atoms with Crippen LogP contribution in [0, 0.1) is 18.7 Å². The van der Waals surface area contributed by atoms with E-state index in [4.69, 9.17) is 4.74 Å². The zero-order chi connectivity index (χ0) is 22.6. The minimum atomic E-state index is -5.11. The number of carbonyl (C=O) groups excluding carboxylic acids is 1. The van der Waals surface area contributed by atoms with Gasteiger partial charge < -0.3 is 9.47 Å². The van der Waals surface area contributed by atoms with Crippen LogP contribution in [0.4, 0.5) is 17.6 Å². The number of ether oxygens (including phenoxy) is 2. The second-order valence-corrected chi connectivity index (χ2v) is 7.67. The van der Waals surface area contributed by atoms with Gasteiger partial charge in [-0.15, -0.1) is 0 Å². The lowest BCUT2D eigenvalue weighted by Gasteiger charge is -2.16. The Hall–Kier alpha value is -2.62. The molecule has 0 spiro atoms. The second kappa shape index (κ2) is 9.67. The highest BCUT2D eigenvalue weighted by Crippen LogP contribution is 2.30. The number of hydrogen-bond donors (Lipinski definition) is 1. The fourth-order valence-electron chi connectivity index (χ4n) is 3.65. The minimum absolute atomic E-state index is 0.101. The average molecular weight is 443 g/mol. The number of halogens is 4. The van der Waals surface area contributed by atoms with E-state index in [2.05, 4.69) is 15.2 Å². The number of nitrogens with one attached hydrogen (secondary N) is 1. The fourth-order valence-corrected chi connectivity index (χ4v) is 3.65. The van der Waals surface area contributed by atoms with Crippen LogP contribution in [0.3, 0.4) is 0 Å². The molecule has 1 N–H and O–H groups in total. The number of esters is 1. The van der Waals surface area contributed by atoms with Crippen molar-refractivity contribution in [3.63, 3.8) is 0 Å². The molecule has 1 aliphatic carbocycles. The topological polar surface area (TPSA) is 65.4 Å². The van der Waals surface area contributed by atoms with Crippen molar-refractivity contribution in [3.05, 3.63) is 46.9 Å². The van der Waals surface area contributed by atoms with Crippen molar-refractivity contribution in [2.45, 2.75) is 58.2 Å². The number of hydrogen-bond acceptors (Lipinski definition) is 5. The maximum absolute atomic E-state index is 13.3. The van der Waals surface area contributed by atoms with E-state index in [-0.39, 0.29) is 18.1 Å². The first-order chi connectivity index (χ1) is 14.7. The van der Waals surface area contributed by atoms with Gasteiger partial charge in [0, 0.05) is 12.6 Å². The molecule has 10 heteroatoms. The van der Waals surface area contributed by atoms with E-state index in [1.807, 2.05) is 0 Å². The molecule has 1 saturated carbocycles. The van der Waals surface area contributed by atoms with E-state index >= 15 is 0 Å². The summed E-state index contributed by atoms with van der Waals surface area (Å²) in [6, 6.07) is 5.80. The summed E-state index contributed by atoms with van der Waals surface area (Å²) in [7, 11) is 1.37. The molecule has 1 heterocycles. The summed E-state index contributed by atoms with van der Waals surface area (Å²) in [5.41, 5.74) is 1.59. The first-order valence-electron chi connectivity index (χ1n) is 10.1. The van der Waals surface area contributed by atoms with Gasteiger partial charge in [0.1, 0.15) is 18.1 Å². The lowest BCUT2D eigenvalue weighted by molar-refractivity contribution is -0.206. The van der Waals surface area contributed by atoms with Gasteiger partial charge in [-0.05, 0) is 56.0 Å².